The number of aliphatic hydroxyl groups is 1. The molecular formula is C19H26N2O2. The minimum atomic E-state index is -0.340. The number of para-hydroxylation sites is 1. The summed E-state index contributed by atoms with van der Waals surface area (Å²) in [6.07, 6.45) is 4.21. The number of aromatic nitrogens is 1. The predicted octanol–water partition coefficient (Wildman–Crippen LogP) is 2.82. The van der Waals surface area contributed by atoms with Crippen molar-refractivity contribution in [2.45, 2.75) is 45.8 Å². The number of fused-ring (bicyclic) bond motifs is 1. The number of carbonyl (C=O) groups excluding carboxylic acids is 1. The summed E-state index contributed by atoms with van der Waals surface area (Å²) in [6, 6.07) is 8.27. The maximum atomic E-state index is 12.7. The first-order valence-electron chi connectivity index (χ1n) is 8.62. The van der Waals surface area contributed by atoms with Crippen molar-refractivity contribution < 1.29 is 9.90 Å². The first-order chi connectivity index (χ1) is 11.1. The lowest BCUT2D eigenvalue weighted by molar-refractivity contribution is -0.133. The summed E-state index contributed by atoms with van der Waals surface area (Å²) in [5.41, 5.74) is 2.30. The smallest absolute Gasteiger partial charge is 0.227 e. The van der Waals surface area contributed by atoms with E-state index in [0.717, 1.165) is 31.5 Å². The van der Waals surface area contributed by atoms with E-state index in [1.165, 1.54) is 10.9 Å². The van der Waals surface area contributed by atoms with Crippen LogP contribution in [0, 0.1) is 5.92 Å². The minimum absolute atomic E-state index is 0.175. The van der Waals surface area contributed by atoms with Gasteiger partial charge in [0.15, 0.2) is 0 Å². The van der Waals surface area contributed by atoms with Gasteiger partial charge in [0.25, 0.3) is 0 Å². The van der Waals surface area contributed by atoms with Crippen molar-refractivity contribution in [2.24, 2.45) is 5.92 Å². The Hall–Kier alpha value is -1.81. The van der Waals surface area contributed by atoms with Gasteiger partial charge < -0.3 is 14.6 Å². The van der Waals surface area contributed by atoms with E-state index in [0.29, 0.717) is 13.0 Å². The Kier molecular flexibility index (Phi) is 4.71. The van der Waals surface area contributed by atoms with Gasteiger partial charge in [-0.1, -0.05) is 18.2 Å². The molecule has 0 bridgehead atoms. The van der Waals surface area contributed by atoms with Gasteiger partial charge in [-0.15, -0.1) is 0 Å². The van der Waals surface area contributed by atoms with Crippen molar-refractivity contribution in [3.63, 3.8) is 0 Å². The number of aliphatic hydroxyl groups excluding tert-OH is 1. The molecule has 1 fully saturated rings. The normalized spacial score (nSPS) is 20.0. The van der Waals surface area contributed by atoms with Crippen LogP contribution in [-0.4, -0.2) is 39.7 Å². The number of nitrogens with zero attached hydrogens (tertiary/aromatic N) is 2. The number of aryl methyl sites for hydroxylation is 1. The molecule has 2 heterocycles. The number of piperidine rings is 1. The predicted molar refractivity (Wildman–Crippen MR) is 92.3 cm³/mol. The zero-order chi connectivity index (χ0) is 16.4. The fourth-order valence-corrected chi connectivity index (χ4v) is 3.63. The highest BCUT2D eigenvalue weighted by Gasteiger charge is 2.26. The number of hydrogen-bond acceptors (Lipinski definition) is 2. The molecule has 4 heteroatoms. The number of hydrogen-bond donors (Lipinski definition) is 1. The molecule has 0 saturated carbocycles. The van der Waals surface area contributed by atoms with Crippen LogP contribution in [0.3, 0.4) is 0 Å². The van der Waals surface area contributed by atoms with E-state index in [2.05, 4.69) is 29.8 Å². The van der Waals surface area contributed by atoms with Crippen LogP contribution in [0.2, 0.25) is 0 Å². The monoisotopic (exact) mass is 314 g/mol. The molecule has 1 aliphatic rings. The molecule has 23 heavy (non-hydrogen) atoms. The molecular weight excluding hydrogens is 288 g/mol. The molecule has 0 radical (unpaired) electrons. The van der Waals surface area contributed by atoms with Crippen LogP contribution < -0.4 is 0 Å². The SMILES string of the molecule is CCn1cc(CC(=O)N2CCCC(C(C)O)C2)c2ccccc21. The van der Waals surface area contributed by atoms with E-state index in [1.54, 1.807) is 0 Å². The molecule has 0 aliphatic carbocycles. The molecule has 1 aliphatic heterocycles. The molecule has 1 aromatic heterocycles. The van der Waals surface area contributed by atoms with Crippen LogP contribution in [0.25, 0.3) is 10.9 Å². The van der Waals surface area contributed by atoms with Gasteiger partial charge >= 0.3 is 0 Å². The zero-order valence-electron chi connectivity index (χ0n) is 14.0. The Labute approximate surface area is 137 Å². The Balaban J connectivity index is 1.78. The van der Waals surface area contributed by atoms with Gasteiger partial charge in [-0.3, -0.25) is 4.79 Å². The summed E-state index contributed by atoms with van der Waals surface area (Å²) in [6.45, 7) is 6.35. The quantitative estimate of drug-likeness (QED) is 0.943. The summed E-state index contributed by atoms with van der Waals surface area (Å²) >= 11 is 0. The highest BCUT2D eigenvalue weighted by molar-refractivity contribution is 5.89. The van der Waals surface area contributed by atoms with Crippen LogP contribution in [0.5, 0.6) is 0 Å². The van der Waals surface area contributed by atoms with E-state index in [-0.39, 0.29) is 17.9 Å². The fraction of sp³-hybridized carbons (Fsp3) is 0.526. The van der Waals surface area contributed by atoms with Gasteiger partial charge in [-0.25, -0.2) is 0 Å². The second-order valence-corrected chi connectivity index (χ2v) is 6.62. The molecule has 1 aromatic carbocycles. The average Bonchev–Trinajstić information content (AvgIpc) is 2.93. The first-order valence-corrected chi connectivity index (χ1v) is 8.62. The number of benzene rings is 1. The van der Waals surface area contributed by atoms with E-state index < -0.39 is 0 Å². The van der Waals surface area contributed by atoms with E-state index in [4.69, 9.17) is 0 Å². The topological polar surface area (TPSA) is 45.5 Å². The number of amides is 1. The first kappa shape index (κ1) is 16.1. The Morgan fingerprint density at radius 1 is 1.39 bits per heavy atom. The second kappa shape index (κ2) is 6.75. The fourth-order valence-electron chi connectivity index (χ4n) is 3.63. The lowest BCUT2D eigenvalue weighted by Gasteiger charge is -2.34. The molecule has 1 saturated heterocycles. The van der Waals surface area contributed by atoms with Crippen LogP contribution in [0.1, 0.15) is 32.3 Å². The van der Waals surface area contributed by atoms with E-state index in [1.807, 2.05) is 24.0 Å². The van der Waals surface area contributed by atoms with Crippen LogP contribution in [-0.2, 0) is 17.8 Å². The molecule has 0 spiro atoms. The minimum Gasteiger partial charge on any atom is -0.393 e. The zero-order valence-corrected chi connectivity index (χ0v) is 14.0. The van der Waals surface area contributed by atoms with E-state index in [9.17, 15) is 9.90 Å². The van der Waals surface area contributed by atoms with Crippen LogP contribution in [0.4, 0.5) is 0 Å². The summed E-state index contributed by atoms with van der Waals surface area (Å²) in [4.78, 5) is 14.6. The highest BCUT2D eigenvalue weighted by Crippen LogP contribution is 2.24. The van der Waals surface area contributed by atoms with Crippen LogP contribution in [0.15, 0.2) is 30.5 Å². The van der Waals surface area contributed by atoms with Gasteiger partial charge in [0, 0.05) is 42.7 Å². The summed E-state index contributed by atoms with van der Waals surface area (Å²) in [5.74, 6) is 0.388. The number of likely N-dealkylation sites (tertiary alicyclic amines) is 1. The summed E-state index contributed by atoms with van der Waals surface area (Å²) in [5, 5.41) is 11.0. The summed E-state index contributed by atoms with van der Waals surface area (Å²) < 4.78 is 2.20. The van der Waals surface area contributed by atoms with Gasteiger partial charge in [0.1, 0.15) is 0 Å². The third-order valence-corrected chi connectivity index (χ3v) is 5.05. The van der Waals surface area contributed by atoms with Crippen molar-refractivity contribution in [3.05, 3.63) is 36.0 Å². The molecule has 2 atom stereocenters. The maximum absolute atomic E-state index is 12.7. The Bertz CT molecular complexity index is 690. The number of rotatable bonds is 4. The molecule has 4 nitrogen and oxygen atoms in total. The second-order valence-electron chi connectivity index (χ2n) is 6.62. The Morgan fingerprint density at radius 3 is 2.91 bits per heavy atom. The third kappa shape index (κ3) is 3.27. The maximum Gasteiger partial charge on any atom is 0.227 e. The summed E-state index contributed by atoms with van der Waals surface area (Å²) in [7, 11) is 0. The van der Waals surface area contributed by atoms with Gasteiger partial charge in [0.2, 0.25) is 5.91 Å². The standard InChI is InChI=1S/C19H26N2O2/c1-3-20-13-16(17-8-4-5-9-18(17)20)11-19(23)21-10-6-7-15(12-21)14(2)22/h4-5,8-9,13-15,22H,3,6-7,10-12H2,1-2H3. The van der Waals surface area contributed by atoms with Crippen molar-refractivity contribution in [1.82, 2.24) is 9.47 Å². The van der Waals surface area contributed by atoms with Gasteiger partial charge in [-0.2, -0.15) is 0 Å². The lowest BCUT2D eigenvalue weighted by atomic mass is 9.93. The van der Waals surface area contributed by atoms with Crippen LogP contribution >= 0.6 is 0 Å². The van der Waals surface area contributed by atoms with Gasteiger partial charge in [0.05, 0.1) is 12.5 Å². The van der Waals surface area contributed by atoms with E-state index >= 15 is 0 Å². The van der Waals surface area contributed by atoms with Gasteiger partial charge in [-0.05, 0) is 38.3 Å². The molecule has 2 unspecified atom stereocenters. The lowest BCUT2D eigenvalue weighted by Crippen LogP contribution is -2.43. The van der Waals surface area contributed by atoms with Crippen molar-refractivity contribution in [2.75, 3.05) is 13.1 Å². The molecule has 124 valence electrons. The highest BCUT2D eigenvalue weighted by atomic mass is 16.3. The van der Waals surface area contributed by atoms with Crippen molar-refractivity contribution >= 4 is 16.8 Å². The third-order valence-electron chi connectivity index (χ3n) is 5.05. The average molecular weight is 314 g/mol. The molecule has 3 rings (SSSR count). The van der Waals surface area contributed by atoms with Crippen molar-refractivity contribution in [3.8, 4) is 0 Å². The molecule has 2 aromatic rings. The number of carbonyl (C=O) groups is 1. The molecule has 1 N–H and O–H groups in total. The Morgan fingerprint density at radius 2 is 2.17 bits per heavy atom. The largest absolute Gasteiger partial charge is 0.393 e. The molecule has 1 amide bonds. The van der Waals surface area contributed by atoms with Crippen molar-refractivity contribution in [1.29, 1.82) is 0 Å².